The van der Waals surface area contributed by atoms with Crippen LogP contribution in [0.4, 0.5) is 0 Å². The summed E-state index contributed by atoms with van der Waals surface area (Å²) in [5.74, 6) is 0.0272. The molecule has 0 aliphatic rings. The first kappa shape index (κ1) is 16.2. The number of aromatic amines is 1. The Morgan fingerprint density at radius 2 is 2.04 bits per heavy atom. The number of nitrogens with zero attached hydrogens (tertiary/aromatic N) is 2. The van der Waals surface area contributed by atoms with E-state index in [9.17, 15) is 4.79 Å². The third-order valence-electron chi connectivity index (χ3n) is 3.99. The molecule has 0 radical (unpaired) electrons. The van der Waals surface area contributed by atoms with Crippen LogP contribution < -0.4 is 0 Å². The highest BCUT2D eigenvalue weighted by molar-refractivity contribution is 5.97. The molecule has 0 aliphatic carbocycles. The van der Waals surface area contributed by atoms with Gasteiger partial charge in [-0.1, -0.05) is 6.07 Å². The number of nitrogens with one attached hydrogen (secondary N) is 1. The second kappa shape index (κ2) is 7.75. The van der Waals surface area contributed by atoms with E-state index in [1.54, 1.807) is 19.5 Å². The molecule has 0 fully saturated rings. The van der Waals surface area contributed by atoms with Gasteiger partial charge in [0.15, 0.2) is 0 Å². The van der Waals surface area contributed by atoms with Crippen LogP contribution in [0.3, 0.4) is 0 Å². The highest BCUT2D eigenvalue weighted by Gasteiger charge is 2.16. The molecule has 3 aromatic rings. The van der Waals surface area contributed by atoms with E-state index in [0.717, 1.165) is 22.9 Å². The van der Waals surface area contributed by atoms with E-state index in [2.05, 4.69) is 9.97 Å². The monoisotopic (exact) mass is 323 g/mol. The molecular weight excluding hydrogens is 302 g/mol. The van der Waals surface area contributed by atoms with Gasteiger partial charge in [0.2, 0.25) is 0 Å². The summed E-state index contributed by atoms with van der Waals surface area (Å²) in [6.45, 7) is 1.85. The molecule has 124 valence electrons. The van der Waals surface area contributed by atoms with Crippen molar-refractivity contribution in [3.05, 3.63) is 66.1 Å². The fourth-order valence-electron chi connectivity index (χ4n) is 2.72. The summed E-state index contributed by atoms with van der Waals surface area (Å²) in [5, 5.41) is 1.10. The molecule has 0 spiro atoms. The molecule has 2 aromatic heterocycles. The van der Waals surface area contributed by atoms with Crippen LogP contribution in [0, 0.1) is 0 Å². The number of rotatable bonds is 7. The lowest BCUT2D eigenvalue weighted by atomic mass is 10.1. The van der Waals surface area contributed by atoms with Crippen LogP contribution in [0.15, 0.2) is 55.0 Å². The predicted molar refractivity (Wildman–Crippen MR) is 93.8 cm³/mol. The van der Waals surface area contributed by atoms with Gasteiger partial charge in [0.1, 0.15) is 0 Å². The SMILES string of the molecule is COCCCN(Cc1ccncc1)C(=O)c1ccc2cc[nH]c2c1. The van der Waals surface area contributed by atoms with E-state index in [-0.39, 0.29) is 5.91 Å². The van der Waals surface area contributed by atoms with Gasteiger partial charge in [-0.3, -0.25) is 9.78 Å². The second-order valence-corrected chi connectivity index (χ2v) is 5.71. The van der Waals surface area contributed by atoms with Crippen molar-refractivity contribution in [2.45, 2.75) is 13.0 Å². The van der Waals surface area contributed by atoms with E-state index in [1.807, 2.05) is 47.5 Å². The third kappa shape index (κ3) is 3.81. The lowest BCUT2D eigenvalue weighted by Crippen LogP contribution is -2.32. The molecule has 1 N–H and O–H groups in total. The number of benzene rings is 1. The maximum Gasteiger partial charge on any atom is 0.254 e. The molecule has 5 nitrogen and oxygen atoms in total. The van der Waals surface area contributed by atoms with Crippen molar-refractivity contribution >= 4 is 16.8 Å². The number of hydrogen-bond acceptors (Lipinski definition) is 3. The number of H-pyrrole nitrogens is 1. The summed E-state index contributed by atoms with van der Waals surface area (Å²) in [6, 6.07) is 11.6. The molecule has 0 aliphatic heterocycles. The lowest BCUT2D eigenvalue weighted by Gasteiger charge is -2.23. The molecule has 0 saturated heterocycles. The molecule has 3 rings (SSSR count). The molecule has 24 heavy (non-hydrogen) atoms. The highest BCUT2D eigenvalue weighted by Crippen LogP contribution is 2.17. The zero-order chi connectivity index (χ0) is 16.8. The number of pyridine rings is 1. The summed E-state index contributed by atoms with van der Waals surface area (Å²) in [4.78, 5) is 22.0. The van der Waals surface area contributed by atoms with E-state index in [0.29, 0.717) is 25.3 Å². The molecule has 2 heterocycles. The van der Waals surface area contributed by atoms with Crippen LogP contribution in [-0.4, -0.2) is 41.0 Å². The van der Waals surface area contributed by atoms with Gasteiger partial charge in [-0.2, -0.15) is 0 Å². The van der Waals surface area contributed by atoms with Gasteiger partial charge < -0.3 is 14.6 Å². The molecule has 0 atom stereocenters. The average Bonchev–Trinajstić information content (AvgIpc) is 3.09. The van der Waals surface area contributed by atoms with Crippen LogP contribution in [0.5, 0.6) is 0 Å². The lowest BCUT2D eigenvalue weighted by molar-refractivity contribution is 0.0723. The largest absolute Gasteiger partial charge is 0.385 e. The van der Waals surface area contributed by atoms with E-state index in [1.165, 1.54) is 0 Å². The normalized spacial score (nSPS) is 10.9. The standard InChI is InChI=1S/C19H21N3O2/c1-24-12-2-11-22(14-15-5-8-20-9-6-15)19(23)17-4-3-16-7-10-21-18(16)13-17/h3-10,13,21H,2,11-12,14H2,1H3. The van der Waals surface area contributed by atoms with Crippen molar-refractivity contribution in [1.82, 2.24) is 14.9 Å². The van der Waals surface area contributed by atoms with Crippen LogP contribution in [-0.2, 0) is 11.3 Å². The number of methoxy groups -OCH3 is 1. The zero-order valence-electron chi connectivity index (χ0n) is 13.7. The van der Waals surface area contributed by atoms with Crippen LogP contribution in [0.1, 0.15) is 22.3 Å². The van der Waals surface area contributed by atoms with Gasteiger partial charge in [-0.15, -0.1) is 0 Å². The number of carbonyl (C=O) groups excluding carboxylic acids is 1. The molecule has 1 amide bonds. The Hall–Kier alpha value is -2.66. The summed E-state index contributed by atoms with van der Waals surface area (Å²) >= 11 is 0. The summed E-state index contributed by atoms with van der Waals surface area (Å²) in [6.07, 6.45) is 6.18. The minimum atomic E-state index is 0.0272. The Morgan fingerprint density at radius 1 is 1.21 bits per heavy atom. The first-order valence-electron chi connectivity index (χ1n) is 8.02. The smallest absolute Gasteiger partial charge is 0.254 e. The Labute approximate surface area is 141 Å². The predicted octanol–water partition coefficient (Wildman–Crippen LogP) is 3.24. The van der Waals surface area contributed by atoms with E-state index in [4.69, 9.17) is 4.74 Å². The number of aromatic nitrogens is 2. The number of amides is 1. The summed E-state index contributed by atoms with van der Waals surface area (Å²) in [5.41, 5.74) is 2.73. The fraction of sp³-hybridized carbons (Fsp3) is 0.263. The molecule has 0 bridgehead atoms. The zero-order valence-corrected chi connectivity index (χ0v) is 13.7. The number of carbonyl (C=O) groups is 1. The average molecular weight is 323 g/mol. The third-order valence-corrected chi connectivity index (χ3v) is 3.99. The summed E-state index contributed by atoms with van der Waals surface area (Å²) < 4.78 is 5.12. The van der Waals surface area contributed by atoms with Crippen molar-refractivity contribution in [2.24, 2.45) is 0 Å². The number of hydrogen-bond donors (Lipinski definition) is 1. The molecule has 5 heteroatoms. The maximum atomic E-state index is 13.0. The summed E-state index contributed by atoms with van der Waals surface area (Å²) in [7, 11) is 1.67. The fourth-order valence-corrected chi connectivity index (χ4v) is 2.72. The van der Waals surface area contributed by atoms with Gasteiger partial charge in [0.05, 0.1) is 0 Å². The topological polar surface area (TPSA) is 58.2 Å². The first-order chi connectivity index (χ1) is 11.8. The molecule has 0 unspecified atom stereocenters. The Balaban J connectivity index is 1.80. The molecule has 1 aromatic carbocycles. The number of fused-ring (bicyclic) bond motifs is 1. The molecular formula is C19H21N3O2. The van der Waals surface area contributed by atoms with Crippen molar-refractivity contribution in [3.63, 3.8) is 0 Å². The van der Waals surface area contributed by atoms with Crippen molar-refractivity contribution in [2.75, 3.05) is 20.3 Å². The number of ether oxygens (including phenoxy) is 1. The molecule has 0 saturated carbocycles. The second-order valence-electron chi connectivity index (χ2n) is 5.71. The van der Waals surface area contributed by atoms with E-state index < -0.39 is 0 Å². The Morgan fingerprint density at radius 3 is 2.83 bits per heavy atom. The highest BCUT2D eigenvalue weighted by atomic mass is 16.5. The van der Waals surface area contributed by atoms with Crippen molar-refractivity contribution in [1.29, 1.82) is 0 Å². The van der Waals surface area contributed by atoms with Gasteiger partial charge in [-0.05, 0) is 47.7 Å². The van der Waals surface area contributed by atoms with Crippen LogP contribution in [0.2, 0.25) is 0 Å². The van der Waals surface area contributed by atoms with Gasteiger partial charge in [0.25, 0.3) is 5.91 Å². The maximum absolute atomic E-state index is 13.0. The van der Waals surface area contributed by atoms with Gasteiger partial charge >= 0.3 is 0 Å². The quantitative estimate of drug-likeness (QED) is 0.679. The van der Waals surface area contributed by atoms with Gasteiger partial charge in [0, 0.05) is 56.5 Å². The van der Waals surface area contributed by atoms with E-state index >= 15 is 0 Å². The van der Waals surface area contributed by atoms with Crippen molar-refractivity contribution < 1.29 is 9.53 Å². The Bertz CT molecular complexity index is 798. The van der Waals surface area contributed by atoms with Crippen LogP contribution >= 0.6 is 0 Å². The van der Waals surface area contributed by atoms with Crippen LogP contribution in [0.25, 0.3) is 10.9 Å². The van der Waals surface area contributed by atoms with Crippen molar-refractivity contribution in [3.8, 4) is 0 Å². The Kier molecular flexibility index (Phi) is 5.23. The van der Waals surface area contributed by atoms with Gasteiger partial charge in [-0.25, -0.2) is 0 Å². The minimum absolute atomic E-state index is 0.0272. The first-order valence-corrected chi connectivity index (χ1v) is 8.02. The minimum Gasteiger partial charge on any atom is -0.385 e.